The van der Waals surface area contributed by atoms with Crippen LogP contribution in [-0.2, 0) is 19.0 Å². The van der Waals surface area contributed by atoms with Crippen LogP contribution in [0.2, 0.25) is 0 Å². The largest absolute Gasteiger partial charge is 0.416 e. The minimum absolute atomic E-state index is 0.304. The number of fused-ring (bicyclic) bond motifs is 1. The van der Waals surface area contributed by atoms with Crippen molar-refractivity contribution in [2.75, 3.05) is 7.05 Å². The van der Waals surface area contributed by atoms with Gasteiger partial charge in [0.1, 0.15) is 0 Å². The number of benzene rings is 2. The van der Waals surface area contributed by atoms with Crippen molar-refractivity contribution in [1.29, 1.82) is 0 Å². The molecule has 0 saturated carbocycles. The number of likely N-dealkylation sites (N-methyl/N-ethyl adjacent to an activating group) is 1. The molecule has 0 bridgehead atoms. The normalized spacial score (nSPS) is 20.9. The highest BCUT2D eigenvalue weighted by Gasteiger charge is 2.32. The Bertz CT molecular complexity index is 646. The van der Waals surface area contributed by atoms with Gasteiger partial charge in [-0.05, 0) is 48.7 Å². The van der Waals surface area contributed by atoms with Crippen molar-refractivity contribution in [3.05, 3.63) is 70.8 Å². The predicted octanol–water partition coefficient (Wildman–Crippen LogP) is 4.18. The highest BCUT2D eigenvalue weighted by molar-refractivity contribution is 5.39. The molecule has 0 aliphatic heterocycles. The van der Waals surface area contributed by atoms with E-state index in [0.29, 0.717) is 12.0 Å². The summed E-state index contributed by atoms with van der Waals surface area (Å²) < 4.78 is 37.9. The third kappa shape index (κ3) is 2.88. The van der Waals surface area contributed by atoms with E-state index < -0.39 is 11.7 Å². The summed E-state index contributed by atoms with van der Waals surface area (Å²) in [5, 5.41) is 3.34. The van der Waals surface area contributed by atoms with Crippen LogP contribution < -0.4 is 5.32 Å². The van der Waals surface area contributed by atoms with Gasteiger partial charge in [0, 0.05) is 12.0 Å². The Morgan fingerprint density at radius 1 is 1.05 bits per heavy atom. The molecule has 4 heteroatoms. The Labute approximate surface area is 128 Å². The van der Waals surface area contributed by atoms with Crippen molar-refractivity contribution in [2.45, 2.75) is 31.0 Å². The molecule has 0 radical (unpaired) electrons. The van der Waals surface area contributed by atoms with Crippen molar-refractivity contribution in [1.82, 2.24) is 5.32 Å². The molecule has 0 spiro atoms. The molecular weight excluding hydrogens is 287 g/mol. The van der Waals surface area contributed by atoms with Gasteiger partial charge in [0.05, 0.1) is 5.56 Å². The van der Waals surface area contributed by atoms with Crippen LogP contribution in [0.15, 0.2) is 48.5 Å². The quantitative estimate of drug-likeness (QED) is 0.897. The standard InChI is InChI=1S/C18H18F3N/c1-22-17-11-13-4-2-3-5-15(13)16(17)10-12-6-8-14(9-7-12)18(19,20)21/h2-9,16-17,22H,10-11H2,1H3. The van der Waals surface area contributed by atoms with E-state index in [-0.39, 0.29) is 0 Å². The molecule has 2 aromatic carbocycles. The molecule has 1 N–H and O–H groups in total. The zero-order valence-electron chi connectivity index (χ0n) is 12.3. The van der Waals surface area contributed by atoms with Gasteiger partial charge < -0.3 is 5.32 Å². The lowest BCUT2D eigenvalue weighted by Crippen LogP contribution is -2.30. The molecule has 0 saturated heterocycles. The Morgan fingerprint density at radius 3 is 2.36 bits per heavy atom. The van der Waals surface area contributed by atoms with Crippen molar-refractivity contribution in [3.63, 3.8) is 0 Å². The number of rotatable bonds is 3. The number of alkyl halides is 3. The molecule has 0 heterocycles. The maximum atomic E-state index is 12.6. The molecule has 0 amide bonds. The third-order valence-corrected chi connectivity index (χ3v) is 4.49. The van der Waals surface area contributed by atoms with Gasteiger partial charge in [-0.2, -0.15) is 13.2 Å². The third-order valence-electron chi connectivity index (χ3n) is 4.49. The molecule has 2 unspecified atom stereocenters. The van der Waals surface area contributed by atoms with Gasteiger partial charge in [-0.25, -0.2) is 0 Å². The molecule has 22 heavy (non-hydrogen) atoms. The summed E-state index contributed by atoms with van der Waals surface area (Å²) in [7, 11) is 1.94. The maximum absolute atomic E-state index is 12.6. The molecule has 2 aromatic rings. The van der Waals surface area contributed by atoms with Crippen LogP contribution in [0.5, 0.6) is 0 Å². The highest BCUT2D eigenvalue weighted by atomic mass is 19.4. The van der Waals surface area contributed by atoms with Crippen molar-refractivity contribution in [2.24, 2.45) is 0 Å². The average Bonchev–Trinajstić information content (AvgIpc) is 2.85. The van der Waals surface area contributed by atoms with E-state index in [1.165, 1.54) is 23.3 Å². The van der Waals surface area contributed by atoms with Gasteiger partial charge in [-0.1, -0.05) is 36.4 Å². The summed E-state index contributed by atoms with van der Waals surface area (Å²) in [6, 6.07) is 14.2. The zero-order valence-corrected chi connectivity index (χ0v) is 12.3. The number of nitrogens with one attached hydrogen (secondary N) is 1. The maximum Gasteiger partial charge on any atom is 0.416 e. The number of hydrogen-bond acceptors (Lipinski definition) is 1. The first-order chi connectivity index (χ1) is 10.5. The average molecular weight is 305 g/mol. The van der Waals surface area contributed by atoms with Crippen LogP contribution in [0, 0.1) is 0 Å². The van der Waals surface area contributed by atoms with Gasteiger partial charge in [0.25, 0.3) is 0 Å². The number of hydrogen-bond donors (Lipinski definition) is 1. The molecule has 1 aliphatic carbocycles. The first kappa shape index (κ1) is 15.1. The van der Waals surface area contributed by atoms with Gasteiger partial charge in [-0.15, -0.1) is 0 Å². The van der Waals surface area contributed by atoms with Crippen molar-refractivity contribution < 1.29 is 13.2 Å². The minimum Gasteiger partial charge on any atom is -0.316 e. The highest BCUT2D eigenvalue weighted by Crippen LogP contribution is 2.36. The van der Waals surface area contributed by atoms with Gasteiger partial charge in [-0.3, -0.25) is 0 Å². The van der Waals surface area contributed by atoms with Gasteiger partial charge >= 0.3 is 6.18 Å². The van der Waals surface area contributed by atoms with Crippen LogP contribution in [0.4, 0.5) is 13.2 Å². The van der Waals surface area contributed by atoms with Gasteiger partial charge in [0.15, 0.2) is 0 Å². The van der Waals surface area contributed by atoms with Crippen molar-refractivity contribution in [3.8, 4) is 0 Å². The van der Waals surface area contributed by atoms with E-state index in [9.17, 15) is 13.2 Å². The minimum atomic E-state index is -4.27. The van der Waals surface area contributed by atoms with Crippen LogP contribution in [0.1, 0.15) is 28.2 Å². The second-order valence-corrected chi connectivity index (χ2v) is 5.80. The van der Waals surface area contributed by atoms with E-state index in [0.717, 1.165) is 18.4 Å². The Morgan fingerprint density at radius 2 is 1.73 bits per heavy atom. The number of halogens is 3. The summed E-state index contributed by atoms with van der Waals surface area (Å²) in [5.74, 6) is 0.304. The Kier molecular flexibility index (Phi) is 3.96. The fourth-order valence-electron chi connectivity index (χ4n) is 3.32. The fourth-order valence-corrected chi connectivity index (χ4v) is 3.32. The van der Waals surface area contributed by atoms with Crippen LogP contribution >= 0.6 is 0 Å². The summed E-state index contributed by atoms with van der Waals surface area (Å²) >= 11 is 0. The molecule has 2 atom stereocenters. The molecule has 1 nitrogen and oxygen atoms in total. The summed E-state index contributed by atoms with van der Waals surface area (Å²) in [5.41, 5.74) is 2.99. The molecule has 0 aromatic heterocycles. The van der Waals surface area contributed by atoms with Gasteiger partial charge in [0.2, 0.25) is 0 Å². The lowest BCUT2D eigenvalue weighted by molar-refractivity contribution is -0.137. The molecular formula is C18H18F3N. The molecule has 116 valence electrons. The van der Waals surface area contributed by atoms with Crippen LogP contribution in [-0.4, -0.2) is 13.1 Å². The van der Waals surface area contributed by atoms with E-state index in [1.54, 1.807) is 12.1 Å². The van der Waals surface area contributed by atoms with E-state index in [1.807, 2.05) is 19.2 Å². The second kappa shape index (κ2) is 5.76. The van der Waals surface area contributed by atoms with Crippen molar-refractivity contribution >= 4 is 0 Å². The lowest BCUT2D eigenvalue weighted by Gasteiger charge is -2.20. The second-order valence-electron chi connectivity index (χ2n) is 5.80. The molecule has 0 fully saturated rings. The monoisotopic (exact) mass is 305 g/mol. The van der Waals surface area contributed by atoms with E-state index in [4.69, 9.17) is 0 Å². The zero-order chi connectivity index (χ0) is 15.7. The first-order valence-corrected chi connectivity index (χ1v) is 7.40. The topological polar surface area (TPSA) is 12.0 Å². The van der Waals surface area contributed by atoms with Crippen LogP contribution in [0.25, 0.3) is 0 Å². The smallest absolute Gasteiger partial charge is 0.316 e. The van der Waals surface area contributed by atoms with E-state index in [2.05, 4.69) is 17.4 Å². The summed E-state index contributed by atoms with van der Waals surface area (Å²) in [6.07, 6.45) is -2.55. The summed E-state index contributed by atoms with van der Waals surface area (Å²) in [6.45, 7) is 0. The van der Waals surface area contributed by atoms with Crippen LogP contribution in [0.3, 0.4) is 0 Å². The molecule has 3 rings (SSSR count). The van der Waals surface area contributed by atoms with E-state index >= 15 is 0 Å². The fraction of sp³-hybridized carbons (Fsp3) is 0.333. The summed E-state index contributed by atoms with van der Waals surface area (Å²) in [4.78, 5) is 0. The Hall–Kier alpha value is -1.81. The first-order valence-electron chi connectivity index (χ1n) is 7.40. The predicted molar refractivity (Wildman–Crippen MR) is 80.9 cm³/mol. The molecule has 1 aliphatic rings. The SMILES string of the molecule is CNC1Cc2ccccc2C1Cc1ccc(C(F)(F)F)cc1. The lowest BCUT2D eigenvalue weighted by atomic mass is 9.90. The Balaban J connectivity index is 1.83.